The Balaban J connectivity index is 2.03. The van der Waals surface area contributed by atoms with Crippen LogP contribution in [0.1, 0.15) is 70.0 Å². The van der Waals surface area contributed by atoms with E-state index in [4.69, 9.17) is 0 Å². The molecule has 1 aliphatic heterocycles. The van der Waals surface area contributed by atoms with E-state index in [2.05, 4.69) is 43.2 Å². The molecule has 2 aromatic rings. The number of piperidine rings is 1. The molecule has 0 saturated carbocycles. The molecule has 0 unspecified atom stereocenters. The van der Waals surface area contributed by atoms with Gasteiger partial charge in [-0.2, -0.15) is 13.2 Å². The molecule has 0 radical (unpaired) electrons. The monoisotopic (exact) mass is 396 g/mol. The Morgan fingerprint density at radius 1 is 1.14 bits per heavy atom. The quantitative estimate of drug-likeness (QED) is 0.844. The predicted octanol–water partition coefficient (Wildman–Crippen LogP) is 3.24. The van der Waals surface area contributed by atoms with Crippen LogP contribution in [-0.2, 0) is 11.7 Å². The van der Waals surface area contributed by atoms with Gasteiger partial charge in [0.15, 0.2) is 6.04 Å². The Kier molecular flexibility index (Phi) is 5.79. The first-order valence-corrected chi connectivity index (χ1v) is 9.94. The molecule has 0 aliphatic carbocycles. The summed E-state index contributed by atoms with van der Waals surface area (Å²) in [6.45, 7) is 10.4. The lowest BCUT2D eigenvalue weighted by atomic mass is 9.94. The molecular weight excluding hydrogens is 367 g/mol. The standard InChI is InChI=1S/C20H28F3N5/c1-5-19(3,4)28-18(24-25-26-28)17(27-12-10-14(2)11-13-27)15-6-8-16(9-7-15)20(21,22)23/h6-9,14,17H,5,10-13H2,1-4H3/p+1/t17-/m1/s1. The Bertz CT molecular complexity index is 774. The second kappa shape index (κ2) is 7.81. The first-order valence-electron chi connectivity index (χ1n) is 9.94. The van der Waals surface area contributed by atoms with Gasteiger partial charge in [0, 0.05) is 5.56 Å². The van der Waals surface area contributed by atoms with Gasteiger partial charge in [-0.15, -0.1) is 5.10 Å². The van der Waals surface area contributed by atoms with E-state index in [1.165, 1.54) is 4.90 Å². The average Bonchev–Trinajstić information content (AvgIpc) is 3.13. The van der Waals surface area contributed by atoms with Crippen LogP contribution in [-0.4, -0.2) is 33.3 Å². The third-order valence-corrected chi connectivity index (χ3v) is 6.09. The second-order valence-electron chi connectivity index (χ2n) is 8.51. The van der Waals surface area contributed by atoms with E-state index in [0.717, 1.165) is 55.9 Å². The fourth-order valence-electron chi connectivity index (χ4n) is 3.81. The van der Waals surface area contributed by atoms with Gasteiger partial charge >= 0.3 is 6.18 Å². The number of hydrogen-bond acceptors (Lipinski definition) is 3. The van der Waals surface area contributed by atoms with Crippen molar-refractivity contribution in [2.45, 2.75) is 64.7 Å². The molecule has 5 nitrogen and oxygen atoms in total. The van der Waals surface area contributed by atoms with Gasteiger partial charge in [-0.3, -0.25) is 0 Å². The number of rotatable bonds is 5. The van der Waals surface area contributed by atoms with Crippen molar-refractivity contribution in [1.29, 1.82) is 0 Å². The highest BCUT2D eigenvalue weighted by Crippen LogP contribution is 2.31. The molecule has 2 heterocycles. The van der Waals surface area contributed by atoms with E-state index in [1.807, 2.05) is 4.68 Å². The molecule has 3 rings (SSSR count). The summed E-state index contributed by atoms with van der Waals surface area (Å²) in [5, 5.41) is 12.5. The number of nitrogens with one attached hydrogen (secondary N) is 1. The number of likely N-dealkylation sites (tertiary alicyclic amines) is 1. The van der Waals surface area contributed by atoms with Gasteiger partial charge in [0.05, 0.1) is 24.2 Å². The van der Waals surface area contributed by atoms with Crippen molar-refractivity contribution in [3.63, 3.8) is 0 Å². The normalized spacial score (nSPS) is 22.2. The summed E-state index contributed by atoms with van der Waals surface area (Å²) in [4.78, 5) is 1.31. The summed E-state index contributed by atoms with van der Waals surface area (Å²) >= 11 is 0. The molecule has 0 bridgehead atoms. The molecule has 0 amide bonds. The van der Waals surface area contributed by atoms with Gasteiger partial charge in [0.2, 0.25) is 5.82 Å². The minimum atomic E-state index is -4.34. The van der Waals surface area contributed by atoms with Crippen molar-refractivity contribution in [3.05, 3.63) is 41.2 Å². The zero-order valence-corrected chi connectivity index (χ0v) is 16.9. The average molecular weight is 396 g/mol. The number of alkyl halides is 3. The number of benzene rings is 1. The first-order chi connectivity index (χ1) is 13.1. The Hall–Kier alpha value is -1.96. The summed E-state index contributed by atoms with van der Waals surface area (Å²) < 4.78 is 40.9. The zero-order valence-electron chi connectivity index (χ0n) is 16.9. The summed E-state index contributed by atoms with van der Waals surface area (Å²) in [6, 6.07) is 5.30. The summed E-state index contributed by atoms with van der Waals surface area (Å²) in [7, 11) is 0. The molecule has 1 saturated heterocycles. The molecule has 154 valence electrons. The zero-order chi connectivity index (χ0) is 20.5. The van der Waals surface area contributed by atoms with Gasteiger partial charge in [-0.05, 0) is 61.6 Å². The van der Waals surface area contributed by atoms with Gasteiger partial charge < -0.3 is 4.90 Å². The van der Waals surface area contributed by atoms with Crippen LogP contribution in [0.3, 0.4) is 0 Å². The van der Waals surface area contributed by atoms with Crippen LogP contribution in [0.2, 0.25) is 0 Å². The van der Waals surface area contributed by atoms with Crippen molar-refractivity contribution in [2.24, 2.45) is 5.92 Å². The molecule has 1 aromatic carbocycles. The fourth-order valence-corrected chi connectivity index (χ4v) is 3.81. The molecule has 1 N–H and O–H groups in total. The van der Waals surface area contributed by atoms with Crippen molar-refractivity contribution in [2.75, 3.05) is 13.1 Å². The lowest BCUT2D eigenvalue weighted by Crippen LogP contribution is -3.13. The summed E-state index contributed by atoms with van der Waals surface area (Å²) in [5.74, 6) is 1.39. The highest BCUT2D eigenvalue weighted by Gasteiger charge is 2.37. The smallest absolute Gasteiger partial charge is 0.322 e. The van der Waals surface area contributed by atoms with Crippen molar-refractivity contribution in [1.82, 2.24) is 20.2 Å². The first kappa shape index (κ1) is 20.8. The van der Waals surface area contributed by atoms with E-state index in [9.17, 15) is 13.2 Å². The summed E-state index contributed by atoms with van der Waals surface area (Å²) in [5.41, 5.74) is -0.0860. The van der Waals surface area contributed by atoms with Gasteiger partial charge in [-0.1, -0.05) is 26.0 Å². The minimum Gasteiger partial charge on any atom is -0.322 e. The van der Waals surface area contributed by atoms with E-state index < -0.39 is 11.7 Å². The number of hydrogen-bond donors (Lipinski definition) is 1. The third kappa shape index (κ3) is 4.21. The van der Waals surface area contributed by atoms with E-state index in [1.54, 1.807) is 12.1 Å². The Morgan fingerprint density at radius 3 is 2.29 bits per heavy atom. The second-order valence-corrected chi connectivity index (χ2v) is 8.51. The maximum absolute atomic E-state index is 13.0. The van der Waals surface area contributed by atoms with Crippen molar-refractivity contribution in [3.8, 4) is 0 Å². The third-order valence-electron chi connectivity index (χ3n) is 6.09. The van der Waals surface area contributed by atoms with Crippen LogP contribution in [0.5, 0.6) is 0 Å². The highest BCUT2D eigenvalue weighted by atomic mass is 19.4. The number of halogens is 3. The molecule has 0 spiro atoms. The van der Waals surface area contributed by atoms with Gasteiger partial charge in [-0.25, -0.2) is 4.68 Å². The van der Waals surface area contributed by atoms with E-state index in [-0.39, 0.29) is 11.6 Å². The number of quaternary nitrogens is 1. The summed E-state index contributed by atoms with van der Waals surface area (Å²) in [6.07, 6.45) is -1.32. The van der Waals surface area contributed by atoms with Crippen LogP contribution in [0, 0.1) is 5.92 Å². The minimum absolute atomic E-state index is 0.185. The Labute approximate surface area is 163 Å². The predicted molar refractivity (Wildman–Crippen MR) is 99.8 cm³/mol. The van der Waals surface area contributed by atoms with E-state index >= 15 is 0 Å². The van der Waals surface area contributed by atoms with Gasteiger partial charge in [0.25, 0.3) is 0 Å². The maximum Gasteiger partial charge on any atom is 0.416 e. The van der Waals surface area contributed by atoms with Crippen LogP contribution < -0.4 is 4.90 Å². The topological polar surface area (TPSA) is 48.0 Å². The van der Waals surface area contributed by atoms with Crippen molar-refractivity contribution < 1.29 is 18.1 Å². The molecule has 8 heteroatoms. The lowest BCUT2D eigenvalue weighted by molar-refractivity contribution is -0.932. The SMILES string of the molecule is CCC(C)(C)n1nnnc1[C@@H](c1ccc(C(F)(F)F)cc1)[NH+]1CCC(C)CC1. The number of nitrogens with zero attached hydrogens (tertiary/aromatic N) is 4. The molecule has 28 heavy (non-hydrogen) atoms. The molecule has 1 fully saturated rings. The lowest BCUT2D eigenvalue weighted by Gasteiger charge is -2.35. The van der Waals surface area contributed by atoms with Crippen molar-refractivity contribution >= 4 is 0 Å². The molecule has 1 atom stereocenters. The van der Waals surface area contributed by atoms with Crippen LogP contribution >= 0.6 is 0 Å². The Morgan fingerprint density at radius 2 is 1.75 bits per heavy atom. The molecular formula is C20H29F3N5+. The van der Waals surface area contributed by atoms with E-state index in [0.29, 0.717) is 5.92 Å². The van der Waals surface area contributed by atoms with Crippen LogP contribution in [0.4, 0.5) is 13.2 Å². The van der Waals surface area contributed by atoms with Gasteiger partial charge in [0.1, 0.15) is 0 Å². The molecule has 1 aliphatic rings. The maximum atomic E-state index is 13.0. The van der Waals surface area contributed by atoms with Crippen LogP contribution in [0.15, 0.2) is 24.3 Å². The van der Waals surface area contributed by atoms with Crippen LogP contribution in [0.25, 0.3) is 0 Å². The fraction of sp³-hybridized carbons (Fsp3) is 0.650. The number of aromatic nitrogens is 4. The largest absolute Gasteiger partial charge is 0.416 e. The highest BCUT2D eigenvalue weighted by molar-refractivity contribution is 5.28. The molecule has 1 aromatic heterocycles. The number of tetrazole rings is 1.